The fourth-order valence-electron chi connectivity index (χ4n) is 2.32. The van der Waals surface area contributed by atoms with Crippen LogP contribution in [0.3, 0.4) is 0 Å². The minimum atomic E-state index is -1.29. The van der Waals surface area contributed by atoms with Crippen LogP contribution in [-0.4, -0.2) is 19.0 Å². The van der Waals surface area contributed by atoms with E-state index in [9.17, 15) is 14.7 Å². The summed E-state index contributed by atoms with van der Waals surface area (Å²) < 4.78 is 5.08. The molecule has 0 saturated heterocycles. The van der Waals surface area contributed by atoms with Crippen molar-refractivity contribution in [3.05, 3.63) is 58.1 Å². The summed E-state index contributed by atoms with van der Waals surface area (Å²) in [5.41, 5.74) is 1.26. The number of carboxylic acid groups (broad SMARTS) is 1. The van der Waals surface area contributed by atoms with Gasteiger partial charge in [0.05, 0.1) is 17.2 Å². The molecule has 132 valence electrons. The number of benzene rings is 2. The van der Waals surface area contributed by atoms with Crippen molar-refractivity contribution in [1.29, 1.82) is 0 Å². The van der Waals surface area contributed by atoms with Crippen LogP contribution in [-0.2, 0) is 16.0 Å². The number of rotatable bonds is 7. The van der Waals surface area contributed by atoms with Crippen molar-refractivity contribution >= 4 is 40.8 Å². The third-order valence-corrected chi connectivity index (χ3v) is 4.35. The Morgan fingerprint density at radius 2 is 1.80 bits per heavy atom. The minimum absolute atomic E-state index is 0.255. The van der Waals surface area contributed by atoms with Crippen LogP contribution < -0.4 is 15.2 Å². The van der Waals surface area contributed by atoms with Crippen LogP contribution in [0.4, 0.5) is 5.69 Å². The maximum absolute atomic E-state index is 12.5. The lowest BCUT2D eigenvalue weighted by molar-refractivity contribution is -0.306. The number of anilines is 1. The highest BCUT2D eigenvalue weighted by molar-refractivity contribution is 6.42. The van der Waals surface area contributed by atoms with Gasteiger partial charge < -0.3 is 20.0 Å². The summed E-state index contributed by atoms with van der Waals surface area (Å²) in [5.74, 6) is -1.82. The van der Waals surface area contributed by atoms with Gasteiger partial charge in [-0.1, -0.05) is 35.3 Å². The lowest BCUT2D eigenvalue weighted by Crippen LogP contribution is -2.32. The first-order chi connectivity index (χ1) is 11.9. The van der Waals surface area contributed by atoms with Crippen molar-refractivity contribution in [3.8, 4) is 5.75 Å². The first kappa shape index (κ1) is 19.1. The van der Waals surface area contributed by atoms with Crippen molar-refractivity contribution in [2.75, 3.05) is 12.4 Å². The largest absolute Gasteiger partial charge is 0.550 e. The average Bonchev–Trinajstić information content (AvgIpc) is 2.58. The number of carbonyl (C=O) groups excluding carboxylic acids is 2. The van der Waals surface area contributed by atoms with Crippen molar-refractivity contribution in [2.24, 2.45) is 5.92 Å². The predicted octanol–water partition coefficient (Wildman–Crippen LogP) is 2.94. The van der Waals surface area contributed by atoms with Crippen LogP contribution >= 0.6 is 23.2 Å². The molecule has 5 nitrogen and oxygen atoms in total. The summed E-state index contributed by atoms with van der Waals surface area (Å²) in [6, 6.07) is 11.7. The van der Waals surface area contributed by atoms with Gasteiger partial charge in [0.25, 0.3) is 0 Å². The average molecular weight is 381 g/mol. The van der Waals surface area contributed by atoms with Crippen molar-refractivity contribution in [3.63, 3.8) is 0 Å². The molecule has 7 heteroatoms. The van der Waals surface area contributed by atoms with Gasteiger partial charge >= 0.3 is 0 Å². The number of ether oxygens (including phenoxy) is 1. The molecule has 0 heterocycles. The molecule has 0 spiro atoms. The lowest BCUT2D eigenvalue weighted by atomic mass is 9.95. The maximum atomic E-state index is 12.5. The number of halogens is 2. The summed E-state index contributed by atoms with van der Waals surface area (Å²) in [5, 5.41) is 14.3. The van der Waals surface area contributed by atoms with Gasteiger partial charge in [0.1, 0.15) is 5.75 Å². The van der Waals surface area contributed by atoms with Gasteiger partial charge in [0.15, 0.2) is 0 Å². The van der Waals surface area contributed by atoms with Crippen molar-refractivity contribution in [2.45, 2.75) is 12.8 Å². The van der Waals surface area contributed by atoms with Gasteiger partial charge in [-0.2, -0.15) is 0 Å². The molecule has 1 N–H and O–H groups in total. The van der Waals surface area contributed by atoms with Gasteiger partial charge in [-0.15, -0.1) is 0 Å². The summed E-state index contributed by atoms with van der Waals surface area (Å²) in [4.78, 5) is 23.5. The number of carboxylic acids is 1. The van der Waals surface area contributed by atoms with Gasteiger partial charge in [0, 0.05) is 17.6 Å². The molecule has 0 aliphatic rings. The Bertz CT molecular complexity index is 762. The monoisotopic (exact) mass is 380 g/mol. The molecule has 0 saturated carbocycles. The molecule has 0 unspecified atom stereocenters. The van der Waals surface area contributed by atoms with E-state index in [1.165, 1.54) is 6.07 Å². The Labute approximate surface area is 155 Å². The van der Waals surface area contributed by atoms with E-state index >= 15 is 0 Å². The topological polar surface area (TPSA) is 78.5 Å². The molecule has 0 fully saturated rings. The second-order valence-corrected chi connectivity index (χ2v) is 6.26. The molecule has 2 rings (SSSR count). The second kappa shape index (κ2) is 8.74. The molecular formula is C18H16Cl2NO4-. The number of methoxy groups -OCH3 is 1. The zero-order valence-electron chi connectivity index (χ0n) is 13.4. The van der Waals surface area contributed by atoms with E-state index in [1.807, 2.05) is 0 Å². The number of hydrogen-bond donors (Lipinski definition) is 1. The van der Waals surface area contributed by atoms with Crippen LogP contribution in [0.2, 0.25) is 10.0 Å². The van der Waals surface area contributed by atoms with E-state index in [-0.39, 0.29) is 12.8 Å². The molecule has 0 aromatic heterocycles. The van der Waals surface area contributed by atoms with E-state index in [2.05, 4.69) is 5.32 Å². The van der Waals surface area contributed by atoms with Crippen molar-refractivity contribution in [1.82, 2.24) is 0 Å². The highest BCUT2D eigenvalue weighted by Gasteiger charge is 2.20. The van der Waals surface area contributed by atoms with Crippen LogP contribution in [0.15, 0.2) is 42.5 Å². The molecule has 0 radical (unpaired) electrons. The molecule has 25 heavy (non-hydrogen) atoms. The molecule has 2 aromatic rings. The van der Waals surface area contributed by atoms with Gasteiger partial charge in [-0.3, -0.25) is 4.79 Å². The quantitative estimate of drug-likeness (QED) is 0.800. The molecule has 1 atom stereocenters. The zero-order valence-corrected chi connectivity index (χ0v) is 14.9. The van der Waals surface area contributed by atoms with E-state index in [0.717, 1.165) is 5.56 Å². The van der Waals surface area contributed by atoms with Gasteiger partial charge in [-0.05, 0) is 48.7 Å². The Balaban J connectivity index is 2.12. The van der Waals surface area contributed by atoms with E-state index in [1.54, 1.807) is 43.5 Å². The maximum Gasteiger partial charge on any atom is 0.228 e. The van der Waals surface area contributed by atoms with E-state index < -0.39 is 17.8 Å². The number of carbonyl (C=O) groups is 2. The van der Waals surface area contributed by atoms with Gasteiger partial charge in [-0.25, -0.2) is 0 Å². The summed E-state index contributed by atoms with van der Waals surface area (Å²) in [6.07, 6.45) is -0.135. The third kappa shape index (κ3) is 5.66. The summed E-state index contributed by atoms with van der Waals surface area (Å²) in [7, 11) is 1.55. The Morgan fingerprint density at radius 3 is 2.36 bits per heavy atom. The fraction of sp³-hybridized carbons (Fsp3) is 0.222. The molecule has 1 amide bonds. The molecule has 0 bridgehead atoms. The Morgan fingerprint density at radius 1 is 1.12 bits per heavy atom. The first-order valence-electron chi connectivity index (χ1n) is 7.47. The number of hydrogen-bond acceptors (Lipinski definition) is 4. The minimum Gasteiger partial charge on any atom is -0.550 e. The Kier molecular flexibility index (Phi) is 6.67. The molecule has 2 aromatic carbocycles. The van der Waals surface area contributed by atoms with Gasteiger partial charge in [0.2, 0.25) is 5.91 Å². The Hall–Kier alpha value is -2.24. The number of amides is 1. The third-order valence-electron chi connectivity index (χ3n) is 3.61. The van der Waals surface area contributed by atoms with E-state index in [4.69, 9.17) is 27.9 Å². The highest BCUT2D eigenvalue weighted by atomic mass is 35.5. The summed E-state index contributed by atoms with van der Waals surface area (Å²) >= 11 is 11.8. The molecular weight excluding hydrogens is 365 g/mol. The van der Waals surface area contributed by atoms with Crippen LogP contribution in [0.5, 0.6) is 5.75 Å². The number of nitrogens with one attached hydrogen (secondary N) is 1. The van der Waals surface area contributed by atoms with Crippen LogP contribution in [0.1, 0.15) is 12.0 Å². The van der Waals surface area contributed by atoms with Crippen LogP contribution in [0, 0.1) is 5.92 Å². The number of aliphatic carboxylic acids is 1. The standard InChI is InChI=1S/C18H17Cl2NO4/c1-25-14-5-2-11(3-6-14)8-12(9-17(22)23)18(24)21-13-4-7-15(19)16(20)10-13/h2-7,10,12H,8-9H2,1H3,(H,21,24)(H,22,23)/p-1/t12-/m1/s1. The summed E-state index contributed by atoms with van der Waals surface area (Å²) in [6.45, 7) is 0. The lowest BCUT2D eigenvalue weighted by Gasteiger charge is -2.18. The fourth-order valence-corrected chi connectivity index (χ4v) is 2.62. The first-order valence-corrected chi connectivity index (χ1v) is 8.23. The smallest absolute Gasteiger partial charge is 0.228 e. The SMILES string of the molecule is COc1ccc(C[C@H](CC(=O)[O-])C(=O)Nc2ccc(Cl)c(Cl)c2)cc1. The predicted molar refractivity (Wildman–Crippen MR) is 94.9 cm³/mol. The second-order valence-electron chi connectivity index (χ2n) is 5.44. The van der Waals surface area contributed by atoms with Crippen molar-refractivity contribution < 1.29 is 19.4 Å². The molecule has 0 aliphatic heterocycles. The zero-order chi connectivity index (χ0) is 18.4. The van der Waals surface area contributed by atoms with E-state index in [0.29, 0.717) is 21.5 Å². The highest BCUT2D eigenvalue weighted by Crippen LogP contribution is 2.26. The normalized spacial score (nSPS) is 11.6. The molecule has 0 aliphatic carbocycles. The van der Waals surface area contributed by atoms with Crippen LogP contribution in [0.25, 0.3) is 0 Å².